The first kappa shape index (κ1) is 12.7. The Hall–Kier alpha value is 0.0200. The van der Waals surface area contributed by atoms with E-state index in [4.69, 9.17) is 11.6 Å². The van der Waals surface area contributed by atoms with Gasteiger partial charge in [-0.1, -0.05) is 6.07 Å². The smallest absolute Gasteiger partial charge is 0.0647 e. The zero-order valence-corrected chi connectivity index (χ0v) is 7.55. The van der Waals surface area contributed by atoms with Crippen molar-refractivity contribution < 1.29 is 0 Å². The van der Waals surface area contributed by atoms with Crippen LogP contribution in [0.3, 0.4) is 0 Å². The Kier molecular flexibility index (Phi) is 9.04. The van der Waals surface area contributed by atoms with Gasteiger partial charge in [-0.25, -0.2) is 0 Å². The Labute approximate surface area is 77.6 Å². The second kappa shape index (κ2) is 7.13. The summed E-state index contributed by atoms with van der Waals surface area (Å²) in [4.78, 5) is 3.97. The van der Waals surface area contributed by atoms with E-state index in [0.29, 0.717) is 5.88 Å². The van der Waals surface area contributed by atoms with E-state index in [-0.39, 0.29) is 24.8 Å². The molecule has 0 radical (unpaired) electrons. The van der Waals surface area contributed by atoms with Gasteiger partial charge in [0.15, 0.2) is 0 Å². The molecule has 0 aliphatic carbocycles. The molecular weight excluding hydrogens is 192 g/mol. The maximum absolute atomic E-state index is 5.46. The third-order valence-corrected chi connectivity index (χ3v) is 1.14. The van der Waals surface area contributed by atoms with E-state index in [2.05, 4.69) is 4.98 Å². The minimum atomic E-state index is 0. The van der Waals surface area contributed by atoms with Crippen LogP contribution < -0.4 is 0 Å². The van der Waals surface area contributed by atoms with Crippen molar-refractivity contribution in [3.05, 3.63) is 30.1 Å². The van der Waals surface area contributed by atoms with Gasteiger partial charge in [-0.3, -0.25) is 4.98 Å². The van der Waals surface area contributed by atoms with Crippen LogP contribution >= 0.6 is 36.4 Å². The van der Waals surface area contributed by atoms with Crippen molar-refractivity contribution in [2.45, 2.75) is 5.88 Å². The fraction of sp³-hybridized carbons (Fsp3) is 0.167. The molecule has 1 aromatic heterocycles. The van der Waals surface area contributed by atoms with E-state index in [0.717, 1.165) is 5.69 Å². The highest BCUT2D eigenvalue weighted by Gasteiger charge is 1.83. The van der Waals surface area contributed by atoms with Gasteiger partial charge in [0.05, 0.1) is 11.6 Å². The van der Waals surface area contributed by atoms with Gasteiger partial charge in [0, 0.05) is 6.20 Å². The van der Waals surface area contributed by atoms with E-state index >= 15 is 0 Å². The lowest BCUT2D eigenvalue weighted by Crippen LogP contribution is -1.79. The molecule has 0 aliphatic heterocycles. The molecule has 10 heavy (non-hydrogen) atoms. The standard InChI is InChI=1S/C6H6ClN.2ClH/c7-5-6-3-1-2-4-8-6;;/h1-4H,5H2;2*1H. The Morgan fingerprint density at radius 3 is 2.30 bits per heavy atom. The van der Waals surface area contributed by atoms with Crippen molar-refractivity contribution in [1.29, 1.82) is 0 Å². The summed E-state index contributed by atoms with van der Waals surface area (Å²) in [5.41, 5.74) is 0.925. The predicted molar refractivity (Wildman–Crippen MR) is 48.3 cm³/mol. The molecule has 0 saturated heterocycles. The van der Waals surface area contributed by atoms with Gasteiger partial charge in [-0.15, -0.1) is 36.4 Å². The number of hydrogen-bond donors (Lipinski definition) is 0. The van der Waals surface area contributed by atoms with Gasteiger partial charge in [0.2, 0.25) is 0 Å². The summed E-state index contributed by atoms with van der Waals surface area (Å²) in [7, 11) is 0. The Bertz CT molecular complexity index is 154. The van der Waals surface area contributed by atoms with E-state index in [1.165, 1.54) is 0 Å². The van der Waals surface area contributed by atoms with Crippen LogP contribution in [0.5, 0.6) is 0 Å². The molecule has 0 spiro atoms. The molecule has 0 N–H and O–H groups in total. The maximum Gasteiger partial charge on any atom is 0.0647 e. The van der Waals surface area contributed by atoms with Crippen molar-refractivity contribution in [2.24, 2.45) is 0 Å². The Morgan fingerprint density at radius 1 is 1.30 bits per heavy atom. The highest BCUT2D eigenvalue weighted by molar-refractivity contribution is 6.16. The minimum absolute atomic E-state index is 0. The third-order valence-electron chi connectivity index (χ3n) is 0.863. The van der Waals surface area contributed by atoms with Gasteiger partial charge in [-0.05, 0) is 12.1 Å². The van der Waals surface area contributed by atoms with E-state index < -0.39 is 0 Å². The van der Waals surface area contributed by atoms with Crippen LogP contribution in [-0.2, 0) is 5.88 Å². The molecule has 58 valence electrons. The first-order valence-corrected chi connectivity index (χ1v) is 2.93. The molecule has 4 heteroatoms. The Morgan fingerprint density at radius 2 is 2.00 bits per heavy atom. The normalized spacial score (nSPS) is 7.30. The molecule has 0 bridgehead atoms. The van der Waals surface area contributed by atoms with E-state index in [9.17, 15) is 0 Å². The number of aromatic nitrogens is 1. The van der Waals surface area contributed by atoms with Crippen LogP contribution in [0.25, 0.3) is 0 Å². The SMILES string of the molecule is Cl.Cl.ClCc1ccccn1. The molecular formula is C6H8Cl3N. The molecule has 1 nitrogen and oxygen atoms in total. The zero-order chi connectivity index (χ0) is 5.82. The van der Waals surface area contributed by atoms with E-state index in [1.54, 1.807) is 6.20 Å². The molecule has 0 fully saturated rings. The highest BCUT2D eigenvalue weighted by atomic mass is 35.5. The van der Waals surface area contributed by atoms with E-state index in [1.807, 2.05) is 18.2 Å². The molecule has 0 unspecified atom stereocenters. The van der Waals surface area contributed by atoms with Crippen LogP contribution in [0.15, 0.2) is 24.4 Å². The summed E-state index contributed by atoms with van der Waals surface area (Å²) in [6.07, 6.45) is 1.73. The van der Waals surface area contributed by atoms with Gasteiger partial charge < -0.3 is 0 Å². The van der Waals surface area contributed by atoms with Crippen molar-refractivity contribution in [1.82, 2.24) is 4.98 Å². The maximum atomic E-state index is 5.46. The number of halogens is 3. The average molecular weight is 200 g/mol. The van der Waals surface area contributed by atoms with Crippen molar-refractivity contribution in [3.63, 3.8) is 0 Å². The topological polar surface area (TPSA) is 12.9 Å². The number of nitrogens with zero attached hydrogens (tertiary/aromatic N) is 1. The summed E-state index contributed by atoms with van der Waals surface area (Å²) < 4.78 is 0. The fourth-order valence-corrected chi connectivity index (χ4v) is 0.635. The molecule has 0 aliphatic rings. The second-order valence-corrected chi connectivity index (χ2v) is 1.72. The van der Waals surface area contributed by atoms with Crippen LogP contribution in [0.2, 0.25) is 0 Å². The molecule has 0 atom stereocenters. The van der Waals surface area contributed by atoms with Gasteiger partial charge in [0.25, 0.3) is 0 Å². The monoisotopic (exact) mass is 199 g/mol. The van der Waals surface area contributed by atoms with Gasteiger partial charge >= 0.3 is 0 Å². The van der Waals surface area contributed by atoms with Crippen LogP contribution in [-0.4, -0.2) is 4.98 Å². The molecule has 1 rings (SSSR count). The first-order valence-electron chi connectivity index (χ1n) is 2.39. The summed E-state index contributed by atoms with van der Waals surface area (Å²) in [6.45, 7) is 0. The molecule has 0 saturated carbocycles. The molecule has 0 aromatic carbocycles. The Balaban J connectivity index is 0. The summed E-state index contributed by atoms with van der Waals surface area (Å²) in [5.74, 6) is 0.501. The number of pyridine rings is 1. The lowest BCUT2D eigenvalue weighted by atomic mass is 10.4. The lowest BCUT2D eigenvalue weighted by molar-refractivity contribution is 1.17. The van der Waals surface area contributed by atoms with Crippen LogP contribution in [0.1, 0.15) is 5.69 Å². The summed E-state index contributed by atoms with van der Waals surface area (Å²) in [6, 6.07) is 5.69. The van der Waals surface area contributed by atoms with Gasteiger partial charge in [-0.2, -0.15) is 0 Å². The largest absolute Gasteiger partial charge is 0.260 e. The van der Waals surface area contributed by atoms with Crippen LogP contribution in [0.4, 0.5) is 0 Å². The number of rotatable bonds is 1. The highest BCUT2D eigenvalue weighted by Crippen LogP contribution is 1.95. The fourth-order valence-electron chi connectivity index (χ4n) is 0.477. The van der Waals surface area contributed by atoms with Crippen molar-refractivity contribution in [2.75, 3.05) is 0 Å². The second-order valence-electron chi connectivity index (χ2n) is 1.45. The minimum Gasteiger partial charge on any atom is -0.260 e. The van der Waals surface area contributed by atoms with Crippen LogP contribution in [0, 0.1) is 0 Å². The molecule has 1 heterocycles. The first-order chi connectivity index (χ1) is 3.93. The summed E-state index contributed by atoms with van der Waals surface area (Å²) >= 11 is 5.46. The van der Waals surface area contributed by atoms with Crippen molar-refractivity contribution in [3.8, 4) is 0 Å². The summed E-state index contributed by atoms with van der Waals surface area (Å²) in [5, 5.41) is 0. The van der Waals surface area contributed by atoms with Gasteiger partial charge in [0.1, 0.15) is 0 Å². The molecule has 1 aromatic rings. The quantitative estimate of drug-likeness (QED) is 0.635. The average Bonchev–Trinajstić information content (AvgIpc) is 1.90. The zero-order valence-electron chi connectivity index (χ0n) is 5.16. The predicted octanol–water partition coefficient (Wildman–Crippen LogP) is 2.66. The van der Waals surface area contributed by atoms with Crippen molar-refractivity contribution >= 4 is 36.4 Å². The molecule has 0 amide bonds. The number of alkyl halides is 1. The third kappa shape index (κ3) is 3.94. The lowest BCUT2D eigenvalue weighted by Gasteiger charge is -1.87. The number of hydrogen-bond acceptors (Lipinski definition) is 1.